The summed E-state index contributed by atoms with van der Waals surface area (Å²) in [6.07, 6.45) is 1.95. The molecule has 90 valence electrons. The third-order valence-corrected chi connectivity index (χ3v) is 2.27. The van der Waals surface area contributed by atoms with E-state index >= 15 is 0 Å². The maximum Gasteiger partial charge on any atom is 0.0421 e. The summed E-state index contributed by atoms with van der Waals surface area (Å²) in [4.78, 5) is 4.35. The number of nitrogens with one attached hydrogen (secondary N) is 2. The third kappa shape index (κ3) is 4.19. The van der Waals surface area contributed by atoms with Gasteiger partial charge in [-0.25, -0.2) is 0 Å². The van der Waals surface area contributed by atoms with Gasteiger partial charge in [-0.05, 0) is 26.8 Å². The first-order valence-corrected chi connectivity index (χ1v) is 5.94. The van der Waals surface area contributed by atoms with Crippen molar-refractivity contribution in [2.45, 2.75) is 53.2 Å². The van der Waals surface area contributed by atoms with Crippen LogP contribution in [0, 0.1) is 6.92 Å². The molecule has 0 aliphatic heterocycles. The maximum atomic E-state index is 4.35. The smallest absolute Gasteiger partial charge is 0.0421 e. The topological polar surface area (TPSA) is 37.0 Å². The highest BCUT2D eigenvalue weighted by atomic mass is 14.9. The highest BCUT2D eigenvalue weighted by Crippen LogP contribution is 2.16. The van der Waals surface area contributed by atoms with Gasteiger partial charge in [-0.2, -0.15) is 0 Å². The molecule has 0 saturated carbocycles. The molecular weight excluding hydrogens is 198 g/mol. The van der Waals surface area contributed by atoms with E-state index in [2.05, 4.69) is 49.4 Å². The molecule has 0 aliphatic rings. The van der Waals surface area contributed by atoms with Crippen molar-refractivity contribution < 1.29 is 0 Å². The van der Waals surface area contributed by atoms with E-state index in [4.69, 9.17) is 0 Å². The molecule has 0 bridgehead atoms. The van der Waals surface area contributed by atoms with E-state index in [-0.39, 0.29) is 0 Å². The zero-order valence-corrected chi connectivity index (χ0v) is 11.0. The van der Waals surface area contributed by atoms with Gasteiger partial charge in [0.15, 0.2) is 0 Å². The van der Waals surface area contributed by atoms with E-state index in [0.717, 1.165) is 12.2 Å². The van der Waals surface area contributed by atoms with Gasteiger partial charge in [-0.15, -0.1) is 0 Å². The normalized spacial score (nSPS) is 11.2. The molecule has 0 amide bonds. The Bertz CT molecular complexity index is 332. The molecule has 0 atom stereocenters. The number of anilines is 1. The van der Waals surface area contributed by atoms with Crippen LogP contribution in [0.3, 0.4) is 0 Å². The largest absolute Gasteiger partial charge is 0.383 e. The highest BCUT2D eigenvalue weighted by molar-refractivity contribution is 5.51. The number of aromatic nitrogens is 1. The number of pyridine rings is 1. The van der Waals surface area contributed by atoms with E-state index in [1.54, 1.807) is 0 Å². The lowest BCUT2D eigenvalue weighted by Crippen LogP contribution is -2.23. The molecule has 0 saturated heterocycles. The molecule has 2 N–H and O–H groups in total. The second-order valence-corrected chi connectivity index (χ2v) is 4.82. The van der Waals surface area contributed by atoms with Crippen molar-refractivity contribution in [3.8, 4) is 0 Å². The van der Waals surface area contributed by atoms with Crippen molar-refractivity contribution in [1.82, 2.24) is 10.3 Å². The molecule has 1 aromatic heterocycles. The molecule has 1 rings (SSSR count). The summed E-state index contributed by atoms with van der Waals surface area (Å²) in [7, 11) is 0. The summed E-state index contributed by atoms with van der Waals surface area (Å²) >= 11 is 0. The Morgan fingerprint density at radius 1 is 1.19 bits per heavy atom. The number of hydrogen-bond donors (Lipinski definition) is 2. The van der Waals surface area contributed by atoms with Crippen molar-refractivity contribution in [3.05, 3.63) is 23.5 Å². The van der Waals surface area contributed by atoms with Crippen LogP contribution in [0.15, 0.2) is 12.3 Å². The van der Waals surface area contributed by atoms with Gasteiger partial charge in [0.05, 0.1) is 0 Å². The lowest BCUT2D eigenvalue weighted by atomic mass is 10.2. The molecule has 0 aliphatic carbocycles. The van der Waals surface area contributed by atoms with Crippen LogP contribution >= 0.6 is 0 Å². The van der Waals surface area contributed by atoms with Crippen LogP contribution in [0.25, 0.3) is 0 Å². The molecule has 3 nitrogen and oxygen atoms in total. The summed E-state index contributed by atoms with van der Waals surface area (Å²) in [5.74, 6) is 0. The number of aryl methyl sites for hydroxylation is 1. The third-order valence-electron chi connectivity index (χ3n) is 2.27. The second-order valence-electron chi connectivity index (χ2n) is 4.82. The summed E-state index contributed by atoms with van der Waals surface area (Å²) in [6, 6.07) is 3.05. The Hall–Kier alpha value is -1.09. The van der Waals surface area contributed by atoms with Crippen LogP contribution < -0.4 is 10.6 Å². The van der Waals surface area contributed by atoms with Gasteiger partial charge in [-0.3, -0.25) is 4.98 Å². The zero-order chi connectivity index (χ0) is 12.1. The molecule has 1 heterocycles. The number of nitrogens with zero attached hydrogens (tertiary/aromatic N) is 1. The second kappa shape index (κ2) is 5.85. The summed E-state index contributed by atoms with van der Waals surface area (Å²) < 4.78 is 0. The predicted octanol–water partition coefficient (Wildman–Crippen LogP) is 2.71. The van der Waals surface area contributed by atoms with Gasteiger partial charge < -0.3 is 10.6 Å². The lowest BCUT2D eigenvalue weighted by molar-refractivity contribution is 0.588. The monoisotopic (exact) mass is 221 g/mol. The molecule has 0 aromatic carbocycles. The molecule has 16 heavy (non-hydrogen) atoms. The van der Waals surface area contributed by atoms with Crippen LogP contribution in [0.5, 0.6) is 0 Å². The first-order chi connectivity index (χ1) is 7.49. The molecule has 0 spiro atoms. The van der Waals surface area contributed by atoms with Crippen molar-refractivity contribution in [2.24, 2.45) is 0 Å². The molecule has 0 radical (unpaired) electrons. The van der Waals surface area contributed by atoms with Crippen LogP contribution in [-0.4, -0.2) is 17.1 Å². The molecule has 0 fully saturated rings. The molecular formula is C13H23N3. The SMILES string of the molecule is Cc1cc(NC(C)C)c(CNC(C)C)cn1. The Kier molecular flexibility index (Phi) is 4.74. The zero-order valence-electron chi connectivity index (χ0n) is 11.0. The van der Waals surface area contributed by atoms with Crippen molar-refractivity contribution >= 4 is 5.69 Å². The summed E-state index contributed by atoms with van der Waals surface area (Å²) in [6.45, 7) is 11.5. The maximum absolute atomic E-state index is 4.35. The number of rotatable bonds is 5. The van der Waals surface area contributed by atoms with Crippen LogP contribution in [0.4, 0.5) is 5.69 Å². The average Bonchev–Trinajstić information content (AvgIpc) is 2.15. The fourth-order valence-electron chi connectivity index (χ4n) is 1.49. The molecule has 0 unspecified atom stereocenters. The van der Waals surface area contributed by atoms with E-state index < -0.39 is 0 Å². The quantitative estimate of drug-likeness (QED) is 0.802. The Morgan fingerprint density at radius 2 is 1.88 bits per heavy atom. The van der Waals surface area contributed by atoms with Gasteiger partial charge in [0.2, 0.25) is 0 Å². The van der Waals surface area contributed by atoms with Crippen molar-refractivity contribution in [2.75, 3.05) is 5.32 Å². The summed E-state index contributed by atoms with van der Waals surface area (Å²) in [5, 5.41) is 6.87. The van der Waals surface area contributed by atoms with Gasteiger partial charge in [0.25, 0.3) is 0 Å². The van der Waals surface area contributed by atoms with Crippen molar-refractivity contribution in [3.63, 3.8) is 0 Å². The van der Waals surface area contributed by atoms with E-state index in [9.17, 15) is 0 Å². The Balaban J connectivity index is 2.80. The minimum Gasteiger partial charge on any atom is -0.383 e. The van der Waals surface area contributed by atoms with Gasteiger partial charge in [0, 0.05) is 41.8 Å². The molecule has 1 aromatic rings. The minimum absolute atomic E-state index is 0.444. The highest BCUT2D eigenvalue weighted by Gasteiger charge is 2.05. The fraction of sp³-hybridized carbons (Fsp3) is 0.615. The Labute approximate surface area is 98.7 Å². The molecule has 3 heteroatoms. The first kappa shape index (κ1) is 13.0. The number of hydrogen-bond acceptors (Lipinski definition) is 3. The summed E-state index contributed by atoms with van der Waals surface area (Å²) in [5.41, 5.74) is 3.47. The first-order valence-electron chi connectivity index (χ1n) is 5.94. The fourth-order valence-corrected chi connectivity index (χ4v) is 1.49. The Morgan fingerprint density at radius 3 is 2.44 bits per heavy atom. The van der Waals surface area contributed by atoms with Crippen LogP contribution in [0.2, 0.25) is 0 Å². The van der Waals surface area contributed by atoms with E-state index in [0.29, 0.717) is 12.1 Å². The predicted molar refractivity (Wildman–Crippen MR) is 69.7 cm³/mol. The van der Waals surface area contributed by atoms with Crippen molar-refractivity contribution in [1.29, 1.82) is 0 Å². The van der Waals surface area contributed by atoms with Crippen LogP contribution in [0.1, 0.15) is 39.0 Å². The van der Waals surface area contributed by atoms with E-state index in [1.807, 2.05) is 13.1 Å². The lowest BCUT2D eigenvalue weighted by Gasteiger charge is -2.16. The van der Waals surface area contributed by atoms with Crippen LogP contribution in [-0.2, 0) is 6.54 Å². The minimum atomic E-state index is 0.444. The van der Waals surface area contributed by atoms with Gasteiger partial charge in [0.1, 0.15) is 0 Å². The van der Waals surface area contributed by atoms with Gasteiger partial charge in [-0.1, -0.05) is 13.8 Å². The van der Waals surface area contributed by atoms with E-state index in [1.165, 1.54) is 11.3 Å². The standard InChI is InChI=1S/C13H23N3/c1-9(2)14-7-12-8-15-11(5)6-13(12)16-10(3)4/h6,8-10,14H,7H2,1-5H3,(H,15,16). The average molecular weight is 221 g/mol. The van der Waals surface area contributed by atoms with Gasteiger partial charge >= 0.3 is 0 Å².